The van der Waals surface area contributed by atoms with Gasteiger partial charge in [-0.25, -0.2) is 0 Å². The van der Waals surface area contributed by atoms with Gasteiger partial charge in [-0.1, -0.05) is 91.0 Å². The van der Waals surface area contributed by atoms with Crippen LogP contribution in [0.25, 0.3) is 0 Å². The predicted molar refractivity (Wildman–Crippen MR) is 143 cm³/mol. The molecule has 4 N–H and O–H groups in total. The molecule has 180 valence electrons. The fraction of sp³-hybridized carbons (Fsp3) is 0.357. The van der Waals surface area contributed by atoms with Crippen LogP contribution in [0.1, 0.15) is 16.7 Å². The predicted octanol–water partition coefficient (Wildman–Crippen LogP) is 4.50. The van der Waals surface area contributed by atoms with Crippen LogP contribution in [-0.2, 0) is 19.3 Å². The second-order valence-electron chi connectivity index (χ2n) is 9.15. The van der Waals surface area contributed by atoms with Crippen molar-refractivity contribution in [2.75, 3.05) is 18.5 Å². The number of aryl methyl sites for hydroxylation is 3. The molecule has 3 aromatic carbocycles. The Bertz CT molecular complexity index is 941. The number of aliphatic hydroxyl groups is 4. The summed E-state index contributed by atoms with van der Waals surface area (Å²) in [6.07, 6.45) is 3.90. The average molecular weight is 498 g/mol. The molecule has 1 fully saturated rings. The van der Waals surface area contributed by atoms with E-state index in [4.69, 9.17) is 0 Å². The van der Waals surface area contributed by atoms with Crippen molar-refractivity contribution in [1.29, 1.82) is 0 Å². The number of hydrogen-bond acceptors (Lipinski definition) is 4. The van der Waals surface area contributed by atoms with E-state index in [2.05, 4.69) is 24.3 Å². The molecular formula is C28H35O4P2+. The van der Waals surface area contributed by atoms with Crippen LogP contribution < -0.4 is 0 Å². The van der Waals surface area contributed by atoms with E-state index in [1.165, 1.54) is 0 Å². The van der Waals surface area contributed by atoms with Crippen molar-refractivity contribution in [3.8, 4) is 0 Å². The molecule has 1 aliphatic heterocycles. The van der Waals surface area contributed by atoms with E-state index in [-0.39, 0.29) is 0 Å². The molecule has 1 heterocycles. The van der Waals surface area contributed by atoms with Crippen molar-refractivity contribution in [2.45, 2.75) is 42.6 Å². The average Bonchev–Trinajstić information content (AvgIpc) is 2.89. The molecule has 34 heavy (non-hydrogen) atoms. The molecule has 0 spiro atoms. The van der Waals surface area contributed by atoms with Crippen LogP contribution in [-0.4, -0.2) is 62.3 Å². The summed E-state index contributed by atoms with van der Waals surface area (Å²) in [6, 6.07) is 30.1. The van der Waals surface area contributed by atoms with Crippen LogP contribution in [0.4, 0.5) is 0 Å². The Labute approximate surface area is 204 Å². The Morgan fingerprint density at radius 2 is 0.882 bits per heavy atom. The Morgan fingerprint density at radius 3 is 1.26 bits per heavy atom. The highest BCUT2D eigenvalue weighted by atomic mass is 31.2. The highest BCUT2D eigenvalue weighted by molar-refractivity contribution is 7.79. The standard InChI is InChI=1S/C28H35O4P2/c29-25-27(31)34(20-17-23-12-6-2-7-13-23,21-18-24-14-8-3-9-15-24)28(32)26(30)33(25)19-16-22-10-4-1-5-11-22/h1-15,25-32H,16-21H2/q+1. The van der Waals surface area contributed by atoms with Gasteiger partial charge in [-0.05, 0) is 37.2 Å². The van der Waals surface area contributed by atoms with Crippen molar-refractivity contribution in [2.24, 2.45) is 0 Å². The summed E-state index contributed by atoms with van der Waals surface area (Å²) >= 11 is 0. The van der Waals surface area contributed by atoms with Crippen molar-refractivity contribution in [3.63, 3.8) is 0 Å². The summed E-state index contributed by atoms with van der Waals surface area (Å²) < 4.78 is 0. The zero-order valence-electron chi connectivity index (χ0n) is 19.4. The van der Waals surface area contributed by atoms with Crippen LogP contribution >= 0.6 is 15.2 Å². The molecule has 0 aliphatic carbocycles. The number of hydrogen-bond donors (Lipinski definition) is 4. The Hall–Kier alpha value is -1.64. The molecule has 1 aliphatic rings. The fourth-order valence-corrected chi connectivity index (χ4v) is 13.6. The minimum Gasteiger partial charge on any atom is -0.382 e. The van der Waals surface area contributed by atoms with E-state index in [1.807, 2.05) is 66.7 Å². The second kappa shape index (κ2) is 11.9. The molecular weight excluding hydrogens is 462 g/mol. The van der Waals surface area contributed by atoms with E-state index < -0.39 is 38.6 Å². The molecule has 1 saturated heterocycles. The maximum absolute atomic E-state index is 11.5. The highest BCUT2D eigenvalue weighted by Crippen LogP contribution is 2.76. The smallest absolute Gasteiger partial charge is 0.196 e. The van der Waals surface area contributed by atoms with E-state index in [0.29, 0.717) is 37.7 Å². The molecule has 0 bridgehead atoms. The van der Waals surface area contributed by atoms with Gasteiger partial charge in [-0.15, -0.1) is 0 Å². The maximum Gasteiger partial charge on any atom is 0.196 e. The molecule has 3 aromatic rings. The van der Waals surface area contributed by atoms with Gasteiger partial charge in [-0.2, -0.15) is 0 Å². The zero-order valence-corrected chi connectivity index (χ0v) is 21.2. The van der Waals surface area contributed by atoms with Crippen molar-refractivity contribution in [3.05, 3.63) is 108 Å². The normalized spacial score (nSPS) is 26.3. The minimum atomic E-state index is -2.52. The third-order valence-corrected chi connectivity index (χ3v) is 15.0. The first-order valence-electron chi connectivity index (χ1n) is 12.0. The lowest BCUT2D eigenvalue weighted by Crippen LogP contribution is -2.48. The molecule has 4 atom stereocenters. The summed E-state index contributed by atoms with van der Waals surface area (Å²) in [5.41, 5.74) is 3.41. The quantitative estimate of drug-likeness (QED) is 0.328. The topological polar surface area (TPSA) is 80.9 Å². The molecule has 6 heteroatoms. The third kappa shape index (κ3) is 5.77. The summed E-state index contributed by atoms with van der Waals surface area (Å²) in [5, 5.41) is 45.6. The monoisotopic (exact) mass is 497 g/mol. The van der Waals surface area contributed by atoms with Crippen molar-refractivity contribution in [1.82, 2.24) is 0 Å². The zero-order chi connectivity index (χ0) is 24.0. The Balaban J connectivity index is 1.56. The van der Waals surface area contributed by atoms with Crippen LogP contribution in [0.5, 0.6) is 0 Å². The van der Waals surface area contributed by atoms with Gasteiger partial charge in [0.2, 0.25) is 0 Å². The van der Waals surface area contributed by atoms with Gasteiger partial charge >= 0.3 is 0 Å². The van der Waals surface area contributed by atoms with Crippen molar-refractivity contribution >= 4 is 15.2 Å². The lowest BCUT2D eigenvalue weighted by Gasteiger charge is -2.47. The Morgan fingerprint density at radius 1 is 0.529 bits per heavy atom. The first kappa shape index (κ1) is 25.5. The molecule has 0 aromatic heterocycles. The molecule has 0 saturated carbocycles. The minimum absolute atomic E-state index is 0.577. The maximum atomic E-state index is 11.5. The largest absolute Gasteiger partial charge is 0.382 e. The van der Waals surface area contributed by atoms with Gasteiger partial charge in [0.25, 0.3) is 0 Å². The summed E-state index contributed by atoms with van der Waals surface area (Å²) in [7, 11) is -3.87. The van der Waals surface area contributed by atoms with E-state index >= 15 is 0 Å². The van der Waals surface area contributed by atoms with E-state index in [9.17, 15) is 20.4 Å². The molecule has 4 nitrogen and oxygen atoms in total. The number of rotatable bonds is 9. The summed E-state index contributed by atoms with van der Waals surface area (Å²) in [4.78, 5) is 0. The van der Waals surface area contributed by atoms with E-state index in [0.717, 1.165) is 16.7 Å². The van der Waals surface area contributed by atoms with Gasteiger partial charge in [-0.3, -0.25) is 0 Å². The number of benzene rings is 3. The molecule has 4 rings (SSSR count). The Kier molecular flexibility index (Phi) is 8.88. The third-order valence-electron chi connectivity index (χ3n) is 7.09. The highest BCUT2D eigenvalue weighted by Gasteiger charge is 2.63. The summed E-state index contributed by atoms with van der Waals surface area (Å²) in [6.45, 7) is 0. The molecule has 0 amide bonds. The lowest BCUT2D eigenvalue weighted by atomic mass is 10.2. The van der Waals surface area contributed by atoms with Crippen LogP contribution in [0.3, 0.4) is 0 Å². The van der Waals surface area contributed by atoms with Crippen LogP contribution in [0, 0.1) is 0 Å². The van der Waals surface area contributed by atoms with Gasteiger partial charge in [0.1, 0.15) is 11.7 Å². The first-order valence-corrected chi connectivity index (χ1v) is 15.9. The van der Waals surface area contributed by atoms with Gasteiger partial charge in [0, 0.05) is 12.8 Å². The lowest BCUT2D eigenvalue weighted by molar-refractivity contribution is 0.0740. The van der Waals surface area contributed by atoms with Crippen LogP contribution in [0.15, 0.2) is 91.0 Å². The van der Waals surface area contributed by atoms with Gasteiger partial charge < -0.3 is 20.4 Å². The van der Waals surface area contributed by atoms with Gasteiger partial charge in [0.05, 0.1) is 19.6 Å². The van der Waals surface area contributed by atoms with Gasteiger partial charge in [0.15, 0.2) is 11.7 Å². The molecule has 4 unspecified atom stereocenters. The second-order valence-corrected chi connectivity index (χ2v) is 15.8. The van der Waals surface area contributed by atoms with Crippen LogP contribution in [0.2, 0.25) is 0 Å². The fourth-order valence-electron chi connectivity index (χ4n) is 4.96. The molecule has 0 radical (unpaired) electrons. The number of aliphatic hydroxyl groups excluding tert-OH is 4. The SMILES string of the molecule is OC1C(O)[P+](CCc2ccccc2)(CCc2ccccc2)C(O)C(O)P1CCc1ccccc1. The summed E-state index contributed by atoms with van der Waals surface area (Å²) in [5.74, 6) is -3.95. The van der Waals surface area contributed by atoms with Crippen molar-refractivity contribution < 1.29 is 20.4 Å². The first-order chi connectivity index (χ1) is 16.5. The van der Waals surface area contributed by atoms with E-state index in [1.54, 1.807) is 0 Å².